The van der Waals surface area contributed by atoms with Crippen molar-refractivity contribution < 1.29 is 14.3 Å². The molecule has 0 aliphatic heterocycles. The highest BCUT2D eigenvalue weighted by Gasteiger charge is 2.41. The van der Waals surface area contributed by atoms with Crippen LogP contribution in [0.4, 0.5) is 4.39 Å². The maximum absolute atomic E-state index is 13.0. The Morgan fingerprint density at radius 3 is 2.77 bits per heavy atom. The second-order valence-electron chi connectivity index (χ2n) is 5.83. The van der Waals surface area contributed by atoms with Crippen molar-refractivity contribution in [3.8, 4) is 0 Å². The van der Waals surface area contributed by atoms with Gasteiger partial charge in [-0.2, -0.15) is 0 Å². The van der Waals surface area contributed by atoms with Crippen LogP contribution >= 0.6 is 0 Å². The van der Waals surface area contributed by atoms with Gasteiger partial charge in [0.1, 0.15) is 11.9 Å². The highest BCUT2D eigenvalue weighted by Crippen LogP contribution is 2.44. The summed E-state index contributed by atoms with van der Waals surface area (Å²) in [7, 11) is 0. The summed E-state index contributed by atoms with van der Waals surface area (Å²) in [5, 5.41) is 8.80. The van der Waals surface area contributed by atoms with E-state index in [4.69, 9.17) is 10.8 Å². The number of nitrogens with two attached hydrogens (primary N) is 1. The second kappa shape index (κ2) is 7.51. The van der Waals surface area contributed by atoms with E-state index in [1.807, 2.05) is 18.2 Å². The van der Waals surface area contributed by atoms with Crippen LogP contribution in [0.25, 0.3) is 0 Å². The Morgan fingerprint density at radius 1 is 1.50 bits per heavy atom. The molecule has 0 saturated heterocycles. The van der Waals surface area contributed by atoms with Crippen molar-refractivity contribution in [1.82, 2.24) is 4.90 Å². The molecule has 1 aromatic carbocycles. The Morgan fingerprint density at radius 2 is 2.18 bits per heavy atom. The van der Waals surface area contributed by atoms with Gasteiger partial charge in [-0.3, -0.25) is 9.69 Å². The number of carboxylic acid groups (broad SMARTS) is 1. The molecule has 0 amide bonds. The number of carboxylic acids is 1. The van der Waals surface area contributed by atoms with Crippen molar-refractivity contribution in [3.63, 3.8) is 0 Å². The molecule has 5 heteroatoms. The van der Waals surface area contributed by atoms with Gasteiger partial charge >= 0.3 is 5.97 Å². The van der Waals surface area contributed by atoms with Crippen molar-refractivity contribution in [1.29, 1.82) is 0 Å². The summed E-state index contributed by atoms with van der Waals surface area (Å²) < 4.78 is 13.0. The molecular formula is C17H23FN2O2. The van der Waals surface area contributed by atoms with Crippen LogP contribution in [0.3, 0.4) is 0 Å². The van der Waals surface area contributed by atoms with Crippen LogP contribution in [0.1, 0.15) is 30.7 Å². The molecule has 0 aromatic heterocycles. The zero-order valence-corrected chi connectivity index (χ0v) is 12.6. The van der Waals surface area contributed by atoms with E-state index in [9.17, 15) is 9.18 Å². The summed E-state index contributed by atoms with van der Waals surface area (Å²) in [6.45, 7) is 5.35. The van der Waals surface area contributed by atoms with Gasteiger partial charge in [-0.1, -0.05) is 18.2 Å². The lowest BCUT2D eigenvalue weighted by molar-refractivity contribution is -0.138. The third kappa shape index (κ3) is 4.39. The number of carbonyl (C=O) groups is 1. The minimum atomic E-state index is -0.953. The molecule has 3 N–H and O–H groups in total. The Hall–Kier alpha value is -1.72. The van der Waals surface area contributed by atoms with Gasteiger partial charge in [-0.15, -0.1) is 6.58 Å². The van der Waals surface area contributed by atoms with E-state index in [2.05, 4.69) is 11.5 Å². The Balaban J connectivity index is 1.86. The van der Waals surface area contributed by atoms with Gasteiger partial charge in [0, 0.05) is 18.5 Å². The van der Waals surface area contributed by atoms with E-state index in [1.54, 1.807) is 0 Å². The van der Waals surface area contributed by atoms with E-state index >= 15 is 0 Å². The second-order valence-corrected chi connectivity index (χ2v) is 5.83. The predicted octanol–water partition coefficient (Wildman–Crippen LogP) is 2.36. The Bertz CT molecular complexity index is 518. The molecule has 0 heterocycles. The molecule has 0 spiro atoms. The third-order valence-electron chi connectivity index (χ3n) is 4.17. The van der Waals surface area contributed by atoms with Gasteiger partial charge in [-0.05, 0) is 43.5 Å². The van der Waals surface area contributed by atoms with Gasteiger partial charge in [-0.25, -0.2) is 4.39 Å². The molecule has 1 aromatic rings. The SMILES string of the molecule is C=CCN(CCCC(N)C(=O)O)[C@@H]1C[C@H]1c1ccc(F)cc1. The maximum Gasteiger partial charge on any atom is 0.320 e. The molecule has 0 bridgehead atoms. The fourth-order valence-corrected chi connectivity index (χ4v) is 2.85. The molecule has 2 rings (SSSR count). The van der Waals surface area contributed by atoms with Crippen LogP contribution in [-0.4, -0.2) is 41.1 Å². The molecule has 1 saturated carbocycles. The minimum absolute atomic E-state index is 0.216. The smallest absolute Gasteiger partial charge is 0.320 e. The zero-order valence-electron chi connectivity index (χ0n) is 12.6. The number of hydrogen-bond acceptors (Lipinski definition) is 3. The molecule has 1 aliphatic carbocycles. The molecule has 4 nitrogen and oxygen atoms in total. The van der Waals surface area contributed by atoms with E-state index in [0.717, 1.165) is 31.5 Å². The monoisotopic (exact) mass is 306 g/mol. The standard InChI is InChI=1S/C17H23FN2O2/c1-2-9-20(10-3-4-15(19)17(21)22)16-11-14(16)12-5-7-13(18)8-6-12/h2,5-8,14-16H,1,3-4,9-11,19H2,(H,21,22)/t14-,15?,16+/m0/s1. The lowest BCUT2D eigenvalue weighted by Gasteiger charge is -2.21. The molecule has 1 fully saturated rings. The number of rotatable bonds is 9. The van der Waals surface area contributed by atoms with Gasteiger partial charge in [0.2, 0.25) is 0 Å². The summed E-state index contributed by atoms with van der Waals surface area (Å²) in [6, 6.07) is 6.30. The predicted molar refractivity (Wildman–Crippen MR) is 84.2 cm³/mol. The first-order chi connectivity index (χ1) is 10.5. The molecular weight excluding hydrogens is 283 g/mol. The van der Waals surface area contributed by atoms with E-state index < -0.39 is 12.0 Å². The van der Waals surface area contributed by atoms with Gasteiger partial charge in [0.05, 0.1) is 0 Å². The van der Waals surface area contributed by atoms with E-state index in [1.165, 1.54) is 12.1 Å². The van der Waals surface area contributed by atoms with Crippen LogP contribution in [0.2, 0.25) is 0 Å². The fourth-order valence-electron chi connectivity index (χ4n) is 2.85. The van der Waals surface area contributed by atoms with Crippen molar-refractivity contribution in [2.45, 2.75) is 37.3 Å². The number of nitrogens with zero attached hydrogens (tertiary/aromatic N) is 1. The van der Waals surface area contributed by atoms with Gasteiger partial charge < -0.3 is 10.8 Å². The highest BCUT2D eigenvalue weighted by molar-refractivity contribution is 5.72. The quantitative estimate of drug-likeness (QED) is 0.687. The molecule has 22 heavy (non-hydrogen) atoms. The average molecular weight is 306 g/mol. The van der Waals surface area contributed by atoms with Crippen LogP contribution in [-0.2, 0) is 4.79 Å². The first-order valence-electron chi connectivity index (χ1n) is 7.61. The molecule has 0 radical (unpaired) electrons. The largest absolute Gasteiger partial charge is 0.480 e. The van der Waals surface area contributed by atoms with Crippen LogP contribution in [0.5, 0.6) is 0 Å². The first-order valence-corrected chi connectivity index (χ1v) is 7.61. The molecule has 3 atom stereocenters. The lowest BCUT2D eigenvalue weighted by atomic mass is 10.1. The number of aliphatic carboxylic acids is 1. The van der Waals surface area contributed by atoms with Gasteiger partial charge in [0.15, 0.2) is 0 Å². The van der Waals surface area contributed by atoms with E-state index in [0.29, 0.717) is 18.4 Å². The van der Waals surface area contributed by atoms with E-state index in [-0.39, 0.29) is 5.82 Å². The highest BCUT2D eigenvalue weighted by atomic mass is 19.1. The van der Waals surface area contributed by atoms with Crippen LogP contribution in [0.15, 0.2) is 36.9 Å². The summed E-state index contributed by atoms with van der Waals surface area (Å²) in [4.78, 5) is 13.0. The molecule has 120 valence electrons. The topological polar surface area (TPSA) is 66.6 Å². The summed E-state index contributed by atoms with van der Waals surface area (Å²) in [5.74, 6) is -0.744. The Labute approximate surface area is 130 Å². The molecule has 1 aliphatic rings. The Kier molecular flexibility index (Phi) is 5.69. The van der Waals surface area contributed by atoms with Gasteiger partial charge in [0.25, 0.3) is 0 Å². The maximum atomic E-state index is 13.0. The number of benzene rings is 1. The van der Waals surface area contributed by atoms with Crippen molar-refractivity contribution in [2.24, 2.45) is 5.73 Å². The van der Waals surface area contributed by atoms with Crippen molar-refractivity contribution in [2.75, 3.05) is 13.1 Å². The van der Waals surface area contributed by atoms with Crippen molar-refractivity contribution in [3.05, 3.63) is 48.3 Å². The fraction of sp³-hybridized carbons (Fsp3) is 0.471. The zero-order chi connectivity index (χ0) is 16.1. The number of halogens is 1. The summed E-state index contributed by atoms with van der Waals surface area (Å²) in [5.41, 5.74) is 6.68. The third-order valence-corrected chi connectivity index (χ3v) is 4.17. The normalized spacial score (nSPS) is 21.6. The summed E-state index contributed by atoms with van der Waals surface area (Å²) >= 11 is 0. The van der Waals surface area contributed by atoms with Crippen molar-refractivity contribution >= 4 is 5.97 Å². The minimum Gasteiger partial charge on any atom is -0.480 e. The first kappa shape index (κ1) is 16.6. The summed E-state index contributed by atoms with van der Waals surface area (Å²) in [6.07, 6.45) is 4.12. The molecule has 1 unspecified atom stereocenters. The average Bonchev–Trinajstić information content (AvgIpc) is 3.27. The van der Waals surface area contributed by atoms with Crippen LogP contribution in [0, 0.1) is 5.82 Å². The van der Waals surface area contributed by atoms with Crippen LogP contribution < -0.4 is 5.73 Å². The number of hydrogen-bond donors (Lipinski definition) is 2. The lowest BCUT2D eigenvalue weighted by Crippen LogP contribution is -2.33.